The van der Waals surface area contributed by atoms with Gasteiger partial charge in [0.05, 0.1) is 25.8 Å². The largest absolute Gasteiger partial charge is 0.497 e. The molecule has 0 fully saturated rings. The maximum atomic E-state index is 13.7. The van der Waals surface area contributed by atoms with Crippen LogP contribution in [0, 0.1) is 0 Å². The molecule has 2 aromatic carbocycles. The summed E-state index contributed by atoms with van der Waals surface area (Å²) in [5, 5.41) is 3.08. The van der Waals surface area contributed by atoms with Crippen molar-refractivity contribution in [1.29, 1.82) is 0 Å². The number of fused-ring (bicyclic) bond motifs is 1. The first-order chi connectivity index (χ1) is 16.9. The van der Waals surface area contributed by atoms with Gasteiger partial charge in [-0.15, -0.1) is 11.3 Å². The van der Waals surface area contributed by atoms with Crippen LogP contribution in [0.4, 0.5) is 0 Å². The van der Waals surface area contributed by atoms with Crippen LogP contribution in [0.3, 0.4) is 0 Å². The summed E-state index contributed by atoms with van der Waals surface area (Å²) in [6.45, 7) is 2.69. The van der Waals surface area contributed by atoms with Crippen LogP contribution in [0.2, 0.25) is 10.0 Å². The van der Waals surface area contributed by atoms with Gasteiger partial charge in [0.2, 0.25) is 5.91 Å². The number of hydrogen-bond acceptors (Lipinski definition) is 5. The van der Waals surface area contributed by atoms with E-state index in [1.807, 2.05) is 29.3 Å². The number of hydrogen-bond donors (Lipinski definition) is 0. The standard InChI is InChI=1S/C26H26Cl2N2O4S/c1-4-29(26(32)19-8-6-17(33-2)14-22(19)34-3)15-24(31)30-11-9-23-20(10-12-35-23)25(30)18-7-5-16(27)13-21(18)28/h5-8,10,12-14,25H,4,9,11,15H2,1-3H3. The van der Waals surface area contributed by atoms with Crippen molar-refractivity contribution in [2.24, 2.45) is 0 Å². The summed E-state index contributed by atoms with van der Waals surface area (Å²) in [5.74, 6) is 0.544. The molecule has 0 bridgehead atoms. The summed E-state index contributed by atoms with van der Waals surface area (Å²) in [6.07, 6.45) is 0.757. The minimum absolute atomic E-state index is 0.0638. The molecule has 1 unspecified atom stereocenters. The van der Waals surface area contributed by atoms with Gasteiger partial charge >= 0.3 is 0 Å². The second kappa shape index (κ2) is 10.9. The van der Waals surface area contributed by atoms with Crippen LogP contribution in [0.1, 0.15) is 39.3 Å². The molecule has 4 rings (SSSR count). The van der Waals surface area contributed by atoms with Gasteiger partial charge < -0.3 is 19.3 Å². The van der Waals surface area contributed by atoms with Crippen LogP contribution >= 0.6 is 34.5 Å². The van der Waals surface area contributed by atoms with E-state index in [-0.39, 0.29) is 24.4 Å². The lowest BCUT2D eigenvalue weighted by Gasteiger charge is -2.38. The molecule has 2 heterocycles. The molecule has 0 saturated heterocycles. The van der Waals surface area contributed by atoms with E-state index in [1.165, 1.54) is 16.9 Å². The van der Waals surface area contributed by atoms with Gasteiger partial charge in [0.1, 0.15) is 18.0 Å². The first-order valence-corrected chi connectivity index (χ1v) is 12.8. The normalized spacial score (nSPS) is 14.9. The van der Waals surface area contributed by atoms with Gasteiger partial charge in [-0.3, -0.25) is 9.59 Å². The third-order valence-electron chi connectivity index (χ3n) is 6.18. The number of rotatable bonds is 7. The molecule has 35 heavy (non-hydrogen) atoms. The van der Waals surface area contributed by atoms with Gasteiger partial charge in [-0.05, 0) is 60.2 Å². The molecular formula is C26H26Cl2N2O4S. The molecule has 184 valence electrons. The van der Waals surface area contributed by atoms with Gasteiger partial charge in [0.15, 0.2) is 0 Å². The minimum Gasteiger partial charge on any atom is -0.497 e. The Labute approximate surface area is 219 Å². The zero-order valence-corrected chi connectivity index (χ0v) is 22.0. The first-order valence-electron chi connectivity index (χ1n) is 11.2. The highest BCUT2D eigenvalue weighted by molar-refractivity contribution is 7.10. The van der Waals surface area contributed by atoms with Crippen molar-refractivity contribution in [3.05, 3.63) is 79.5 Å². The molecule has 1 atom stereocenters. The Morgan fingerprint density at radius 1 is 1.09 bits per heavy atom. The summed E-state index contributed by atoms with van der Waals surface area (Å²) in [7, 11) is 3.05. The van der Waals surface area contributed by atoms with E-state index >= 15 is 0 Å². The monoisotopic (exact) mass is 532 g/mol. The lowest BCUT2D eigenvalue weighted by molar-refractivity contribution is -0.134. The molecule has 6 nitrogen and oxygen atoms in total. The second-order valence-electron chi connectivity index (χ2n) is 8.09. The van der Waals surface area contributed by atoms with Gasteiger partial charge in [0.25, 0.3) is 5.91 Å². The summed E-state index contributed by atoms with van der Waals surface area (Å²) >= 11 is 14.4. The Balaban J connectivity index is 1.62. The molecule has 1 aliphatic rings. The predicted molar refractivity (Wildman–Crippen MR) is 139 cm³/mol. The number of ether oxygens (including phenoxy) is 2. The van der Waals surface area contributed by atoms with E-state index in [4.69, 9.17) is 32.7 Å². The molecule has 0 spiro atoms. The Hall–Kier alpha value is -2.74. The highest BCUT2D eigenvalue weighted by atomic mass is 35.5. The van der Waals surface area contributed by atoms with Crippen LogP contribution < -0.4 is 9.47 Å². The van der Waals surface area contributed by atoms with Crippen molar-refractivity contribution in [2.45, 2.75) is 19.4 Å². The molecule has 0 saturated carbocycles. The van der Waals surface area contributed by atoms with Crippen molar-refractivity contribution < 1.29 is 19.1 Å². The van der Waals surface area contributed by atoms with Gasteiger partial charge in [-0.1, -0.05) is 29.3 Å². The van der Waals surface area contributed by atoms with E-state index in [9.17, 15) is 9.59 Å². The third-order valence-corrected chi connectivity index (χ3v) is 7.74. The third kappa shape index (κ3) is 5.13. The Morgan fingerprint density at radius 2 is 1.89 bits per heavy atom. The minimum atomic E-state index is -0.341. The molecular weight excluding hydrogens is 507 g/mol. The summed E-state index contributed by atoms with van der Waals surface area (Å²) in [4.78, 5) is 31.6. The van der Waals surface area contributed by atoms with Crippen LogP contribution in [-0.2, 0) is 11.2 Å². The molecule has 0 N–H and O–H groups in total. The van der Waals surface area contributed by atoms with Gasteiger partial charge in [0, 0.05) is 34.1 Å². The molecule has 1 aliphatic heterocycles. The number of nitrogens with zero attached hydrogens (tertiary/aromatic N) is 2. The lowest BCUT2D eigenvalue weighted by Crippen LogP contribution is -2.46. The zero-order valence-electron chi connectivity index (χ0n) is 19.7. The number of methoxy groups -OCH3 is 2. The first kappa shape index (κ1) is 25.4. The predicted octanol–water partition coefficient (Wildman–Crippen LogP) is 5.71. The fourth-order valence-electron chi connectivity index (χ4n) is 4.37. The van der Waals surface area contributed by atoms with Crippen molar-refractivity contribution in [3.63, 3.8) is 0 Å². The van der Waals surface area contributed by atoms with E-state index in [2.05, 4.69) is 0 Å². The van der Waals surface area contributed by atoms with Crippen molar-refractivity contribution in [3.8, 4) is 11.5 Å². The zero-order chi connectivity index (χ0) is 25.1. The number of halogens is 2. The van der Waals surface area contributed by atoms with Crippen LogP contribution in [-0.4, -0.2) is 55.5 Å². The fourth-order valence-corrected chi connectivity index (χ4v) is 5.79. The number of carbonyl (C=O) groups is 2. The molecule has 3 aromatic rings. The van der Waals surface area contributed by atoms with E-state index < -0.39 is 0 Å². The lowest BCUT2D eigenvalue weighted by atomic mass is 9.93. The topological polar surface area (TPSA) is 59.1 Å². The maximum absolute atomic E-state index is 13.7. The van der Waals surface area contributed by atoms with E-state index in [0.29, 0.717) is 40.2 Å². The molecule has 9 heteroatoms. The average molecular weight is 533 g/mol. The van der Waals surface area contributed by atoms with Crippen LogP contribution in [0.5, 0.6) is 11.5 Å². The Morgan fingerprint density at radius 3 is 2.57 bits per heavy atom. The summed E-state index contributed by atoms with van der Waals surface area (Å²) in [6, 6.07) is 12.1. The number of thiophene rings is 1. The molecule has 1 aromatic heterocycles. The highest BCUT2D eigenvalue weighted by Crippen LogP contribution is 2.41. The van der Waals surface area contributed by atoms with Gasteiger partial charge in [-0.2, -0.15) is 0 Å². The Kier molecular flexibility index (Phi) is 7.89. The number of benzene rings is 2. The van der Waals surface area contributed by atoms with E-state index in [0.717, 1.165) is 17.5 Å². The highest BCUT2D eigenvalue weighted by Gasteiger charge is 2.35. The quantitative estimate of drug-likeness (QED) is 0.391. The SMILES string of the molecule is CCN(CC(=O)N1CCc2sccc2C1c1ccc(Cl)cc1Cl)C(=O)c1ccc(OC)cc1OC. The Bertz CT molecular complexity index is 1250. The van der Waals surface area contributed by atoms with Crippen LogP contribution in [0.25, 0.3) is 0 Å². The summed E-state index contributed by atoms with van der Waals surface area (Å²) in [5.41, 5.74) is 2.25. The van der Waals surface area contributed by atoms with Crippen molar-refractivity contribution in [1.82, 2.24) is 9.80 Å². The summed E-state index contributed by atoms with van der Waals surface area (Å²) < 4.78 is 10.6. The average Bonchev–Trinajstić information content (AvgIpc) is 3.35. The smallest absolute Gasteiger partial charge is 0.258 e. The van der Waals surface area contributed by atoms with Gasteiger partial charge in [-0.25, -0.2) is 0 Å². The van der Waals surface area contributed by atoms with Crippen molar-refractivity contribution >= 4 is 46.4 Å². The molecule has 0 radical (unpaired) electrons. The number of amides is 2. The van der Waals surface area contributed by atoms with Crippen molar-refractivity contribution in [2.75, 3.05) is 33.9 Å². The number of carbonyl (C=O) groups excluding carboxylic acids is 2. The molecule has 0 aliphatic carbocycles. The fraction of sp³-hybridized carbons (Fsp3) is 0.308. The van der Waals surface area contributed by atoms with Crippen LogP contribution in [0.15, 0.2) is 47.8 Å². The molecule has 2 amide bonds. The number of likely N-dealkylation sites (N-methyl/N-ethyl adjacent to an activating group) is 1. The second-order valence-corrected chi connectivity index (χ2v) is 9.93. The maximum Gasteiger partial charge on any atom is 0.258 e. The van der Waals surface area contributed by atoms with E-state index in [1.54, 1.807) is 48.8 Å².